The Morgan fingerprint density at radius 3 is 2.11 bits per heavy atom. The van der Waals surface area contributed by atoms with Gasteiger partial charge in [0.05, 0.1) is 11.6 Å². The van der Waals surface area contributed by atoms with Crippen molar-refractivity contribution in [1.82, 2.24) is 0 Å². The van der Waals surface area contributed by atoms with Gasteiger partial charge in [0.2, 0.25) is 0 Å². The topological polar surface area (TPSA) is 27.0 Å². The van der Waals surface area contributed by atoms with E-state index in [2.05, 4.69) is 23.1 Å². The summed E-state index contributed by atoms with van der Waals surface area (Å²) in [5.74, 6) is 0. The van der Waals surface area contributed by atoms with Crippen LogP contribution in [0.1, 0.15) is 44.1 Å². The molecule has 0 unspecified atom stereocenters. The van der Waals surface area contributed by atoms with Gasteiger partial charge in [-0.15, -0.1) is 0 Å². The van der Waals surface area contributed by atoms with Gasteiger partial charge in [0.1, 0.15) is 0 Å². The number of hydrogen-bond donors (Lipinski definition) is 0. The molecule has 1 aromatic rings. The molecule has 1 heterocycles. The molecule has 2 heteroatoms. The van der Waals surface area contributed by atoms with Crippen LogP contribution in [0.3, 0.4) is 0 Å². The Labute approximate surface area is 109 Å². The summed E-state index contributed by atoms with van der Waals surface area (Å²) in [4.78, 5) is 2.48. The highest BCUT2D eigenvalue weighted by molar-refractivity contribution is 5.50. The largest absolute Gasteiger partial charge is 0.371 e. The maximum Gasteiger partial charge on any atom is 0.0991 e. The van der Waals surface area contributed by atoms with Crippen molar-refractivity contribution in [3.8, 4) is 6.07 Å². The normalized spacial score (nSPS) is 22.1. The molecule has 2 nitrogen and oxygen atoms in total. The number of piperidine rings is 1. The van der Waals surface area contributed by atoms with Crippen LogP contribution < -0.4 is 4.90 Å². The Kier molecular flexibility index (Phi) is 2.99. The molecule has 94 valence electrons. The first-order valence-corrected chi connectivity index (χ1v) is 7.07. The van der Waals surface area contributed by atoms with Crippen molar-refractivity contribution in [2.24, 2.45) is 5.41 Å². The molecule has 0 radical (unpaired) electrons. The van der Waals surface area contributed by atoms with Crippen LogP contribution in [0.4, 0.5) is 5.69 Å². The molecule has 1 aliphatic heterocycles. The molecule has 3 rings (SSSR count). The molecular formula is C16H20N2. The van der Waals surface area contributed by atoms with Crippen LogP contribution in [0.25, 0.3) is 0 Å². The predicted octanol–water partition coefficient (Wildman–Crippen LogP) is 3.72. The van der Waals surface area contributed by atoms with E-state index in [0.29, 0.717) is 5.41 Å². The maximum atomic E-state index is 8.81. The van der Waals surface area contributed by atoms with Crippen molar-refractivity contribution in [3.05, 3.63) is 29.8 Å². The lowest BCUT2D eigenvalue weighted by Gasteiger charge is -2.40. The first-order valence-electron chi connectivity index (χ1n) is 7.07. The molecule has 2 aliphatic rings. The summed E-state index contributed by atoms with van der Waals surface area (Å²) < 4.78 is 0. The molecule has 1 saturated heterocycles. The summed E-state index contributed by atoms with van der Waals surface area (Å²) in [5, 5.41) is 8.81. The number of rotatable bonds is 1. The van der Waals surface area contributed by atoms with Crippen LogP contribution >= 0.6 is 0 Å². The van der Waals surface area contributed by atoms with Crippen molar-refractivity contribution >= 4 is 5.69 Å². The van der Waals surface area contributed by atoms with Gasteiger partial charge in [-0.25, -0.2) is 0 Å². The van der Waals surface area contributed by atoms with E-state index in [0.717, 1.165) is 5.56 Å². The van der Waals surface area contributed by atoms with Crippen molar-refractivity contribution < 1.29 is 0 Å². The zero-order valence-electron chi connectivity index (χ0n) is 10.9. The van der Waals surface area contributed by atoms with E-state index in [1.807, 2.05) is 12.1 Å². The Morgan fingerprint density at radius 2 is 1.56 bits per heavy atom. The van der Waals surface area contributed by atoms with Gasteiger partial charge >= 0.3 is 0 Å². The molecule has 0 N–H and O–H groups in total. The first kappa shape index (κ1) is 11.6. The van der Waals surface area contributed by atoms with Crippen molar-refractivity contribution in [2.75, 3.05) is 18.0 Å². The monoisotopic (exact) mass is 240 g/mol. The van der Waals surface area contributed by atoms with Crippen LogP contribution in [0.5, 0.6) is 0 Å². The number of benzene rings is 1. The molecule has 0 amide bonds. The highest BCUT2D eigenvalue weighted by Crippen LogP contribution is 2.46. The molecule has 1 spiro atoms. The summed E-state index contributed by atoms with van der Waals surface area (Å²) in [6.07, 6.45) is 8.50. The van der Waals surface area contributed by atoms with E-state index in [4.69, 9.17) is 5.26 Å². The first-order chi connectivity index (χ1) is 8.81. The highest BCUT2D eigenvalue weighted by Gasteiger charge is 2.36. The zero-order valence-corrected chi connectivity index (χ0v) is 10.9. The van der Waals surface area contributed by atoms with Gasteiger partial charge in [-0.2, -0.15) is 5.26 Å². The molecule has 18 heavy (non-hydrogen) atoms. The van der Waals surface area contributed by atoms with Crippen molar-refractivity contribution in [1.29, 1.82) is 5.26 Å². The lowest BCUT2D eigenvalue weighted by molar-refractivity contribution is 0.226. The molecule has 0 atom stereocenters. The fraction of sp³-hybridized carbons (Fsp3) is 0.562. The van der Waals surface area contributed by atoms with Crippen LogP contribution in [0.15, 0.2) is 24.3 Å². The number of hydrogen-bond acceptors (Lipinski definition) is 2. The van der Waals surface area contributed by atoms with E-state index in [-0.39, 0.29) is 0 Å². The standard InChI is InChI=1S/C16H20N2/c17-13-14-3-5-15(6-4-14)18-11-9-16(10-12-18)7-1-2-8-16/h3-6H,1-2,7-12H2. The summed E-state index contributed by atoms with van der Waals surface area (Å²) >= 11 is 0. The van der Waals surface area contributed by atoms with Crippen LogP contribution in [-0.2, 0) is 0 Å². The minimum Gasteiger partial charge on any atom is -0.371 e. The minimum absolute atomic E-state index is 0.684. The lowest BCUT2D eigenvalue weighted by Crippen LogP contribution is -2.38. The average Bonchev–Trinajstić information content (AvgIpc) is 2.88. The molecule has 1 aliphatic carbocycles. The second-order valence-corrected chi connectivity index (χ2v) is 5.85. The summed E-state index contributed by atoms with van der Waals surface area (Å²) in [6, 6.07) is 10.2. The summed E-state index contributed by atoms with van der Waals surface area (Å²) in [7, 11) is 0. The van der Waals surface area contributed by atoms with Gasteiger partial charge < -0.3 is 4.90 Å². The van der Waals surface area contributed by atoms with Gasteiger partial charge in [-0.1, -0.05) is 12.8 Å². The van der Waals surface area contributed by atoms with Gasteiger partial charge in [0.15, 0.2) is 0 Å². The van der Waals surface area contributed by atoms with Crippen molar-refractivity contribution in [3.63, 3.8) is 0 Å². The van der Waals surface area contributed by atoms with Gasteiger partial charge in [-0.05, 0) is 55.4 Å². The third-order valence-electron chi connectivity index (χ3n) is 4.85. The van der Waals surface area contributed by atoms with E-state index in [1.54, 1.807) is 0 Å². The quantitative estimate of drug-likeness (QED) is 0.748. The van der Waals surface area contributed by atoms with E-state index >= 15 is 0 Å². The van der Waals surface area contributed by atoms with Crippen LogP contribution in [-0.4, -0.2) is 13.1 Å². The van der Waals surface area contributed by atoms with Gasteiger partial charge in [-0.3, -0.25) is 0 Å². The number of anilines is 1. The van der Waals surface area contributed by atoms with Crippen LogP contribution in [0, 0.1) is 16.7 Å². The molecule has 0 aromatic heterocycles. The fourth-order valence-corrected chi connectivity index (χ4v) is 3.61. The molecule has 2 fully saturated rings. The predicted molar refractivity (Wildman–Crippen MR) is 73.5 cm³/mol. The highest BCUT2D eigenvalue weighted by atomic mass is 15.1. The van der Waals surface area contributed by atoms with Crippen molar-refractivity contribution in [2.45, 2.75) is 38.5 Å². The van der Waals surface area contributed by atoms with Gasteiger partial charge in [0.25, 0.3) is 0 Å². The Hall–Kier alpha value is -1.49. The maximum absolute atomic E-state index is 8.81. The van der Waals surface area contributed by atoms with E-state index < -0.39 is 0 Å². The Bertz CT molecular complexity index is 439. The number of nitriles is 1. The Morgan fingerprint density at radius 1 is 0.944 bits per heavy atom. The minimum atomic E-state index is 0.684. The lowest BCUT2D eigenvalue weighted by atomic mass is 9.77. The molecule has 0 bridgehead atoms. The zero-order chi connectivity index (χ0) is 12.4. The summed E-state index contributed by atoms with van der Waals surface area (Å²) in [5.41, 5.74) is 2.72. The molecule has 1 aromatic carbocycles. The van der Waals surface area contributed by atoms with Crippen LogP contribution in [0.2, 0.25) is 0 Å². The summed E-state index contributed by atoms with van der Waals surface area (Å²) in [6.45, 7) is 2.37. The van der Waals surface area contributed by atoms with E-state index in [9.17, 15) is 0 Å². The number of nitrogens with zero attached hydrogens (tertiary/aromatic N) is 2. The fourth-order valence-electron chi connectivity index (χ4n) is 3.61. The molecular weight excluding hydrogens is 220 g/mol. The average molecular weight is 240 g/mol. The third kappa shape index (κ3) is 2.10. The Balaban J connectivity index is 1.66. The van der Waals surface area contributed by atoms with Gasteiger partial charge in [0, 0.05) is 18.8 Å². The molecule has 1 saturated carbocycles. The SMILES string of the molecule is N#Cc1ccc(N2CCC3(CCCC3)CC2)cc1. The second kappa shape index (κ2) is 4.65. The smallest absolute Gasteiger partial charge is 0.0991 e. The third-order valence-corrected chi connectivity index (χ3v) is 4.85. The second-order valence-electron chi connectivity index (χ2n) is 5.85. The van der Waals surface area contributed by atoms with E-state index in [1.165, 1.54) is 57.3 Å².